The van der Waals surface area contributed by atoms with Crippen LogP contribution < -0.4 is 4.90 Å². The van der Waals surface area contributed by atoms with Gasteiger partial charge in [0.25, 0.3) is 0 Å². The van der Waals surface area contributed by atoms with Gasteiger partial charge in [0.15, 0.2) is 0 Å². The molecule has 61 heavy (non-hydrogen) atoms. The Labute approximate surface area is 356 Å². The largest absolute Gasteiger partial charge is 0.310 e. The quantitative estimate of drug-likeness (QED) is 0.153. The summed E-state index contributed by atoms with van der Waals surface area (Å²) in [6.07, 6.45) is 0. The molecule has 0 unspecified atom stereocenters. The fourth-order valence-electron chi connectivity index (χ4n) is 10.3. The van der Waals surface area contributed by atoms with Gasteiger partial charge in [0.2, 0.25) is 0 Å². The second kappa shape index (κ2) is 13.7. The van der Waals surface area contributed by atoms with E-state index in [4.69, 9.17) is 0 Å². The number of para-hydroxylation sites is 2. The number of benzene rings is 10. The molecule has 1 aromatic heterocycles. The standard InChI is InChI=1S/C59H42N2/c1-59(2)52-26-13-10-23-47(52)48-36-35-43(38-53(48)59)60(42-33-31-40(32-34-42)39-17-4-3-5-18-39)56-29-16-30-57(61-54-27-14-11-24-49(54)50-25-12-15-28-55(50)61)58(56)51-37-41-19-6-7-20-44(41)45-21-8-9-22-46(45)51/h3-38H,1-2H3. The normalized spacial score (nSPS) is 12.9. The zero-order valence-corrected chi connectivity index (χ0v) is 34.2. The molecule has 0 bridgehead atoms. The summed E-state index contributed by atoms with van der Waals surface area (Å²) in [7, 11) is 0. The first-order valence-corrected chi connectivity index (χ1v) is 21.3. The highest BCUT2D eigenvalue weighted by Crippen LogP contribution is 2.53. The van der Waals surface area contributed by atoms with Crippen LogP contribution >= 0.6 is 0 Å². The van der Waals surface area contributed by atoms with Crippen LogP contribution in [0.3, 0.4) is 0 Å². The van der Waals surface area contributed by atoms with Crippen molar-refractivity contribution in [1.82, 2.24) is 4.57 Å². The first-order valence-electron chi connectivity index (χ1n) is 21.3. The van der Waals surface area contributed by atoms with Crippen molar-refractivity contribution in [2.24, 2.45) is 0 Å². The smallest absolute Gasteiger partial charge is 0.0561 e. The molecule has 1 aliphatic carbocycles. The van der Waals surface area contributed by atoms with Crippen molar-refractivity contribution in [3.63, 3.8) is 0 Å². The predicted molar refractivity (Wildman–Crippen MR) is 259 cm³/mol. The summed E-state index contributed by atoms with van der Waals surface area (Å²) in [5, 5.41) is 7.43. The van der Waals surface area contributed by atoms with Crippen molar-refractivity contribution in [2.45, 2.75) is 19.3 Å². The molecule has 0 radical (unpaired) electrons. The van der Waals surface area contributed by atoms with Gasteiger partial charge in [-0.3, -0.25) is 0 Å². The number of rotatable bonds is 6. The third-order valence-corrected chi connectivity index (χ3v) is 13.2. The number of nitrogens with zero attached hydrogens (tertiary/aromatic N) is 2. The van der Waals surface area contributed by atoms with Crippen LogP contribution in [0, 0.1) is 0 Å². The maximum absolute atomic E-state index is 2.50. The predicted octanol–water partition coefficient (Wildman–Crippen LogP) is 16.2. The number of aromatic nitrogens is 1. The number of hydrogen-bond donors (Lipinski definition) is 0. The van der Waals surface area contributed by atoms with Gasteiger partial charge in [-0.05, 0) is 115 Å². The monoisotopic (exact) mass is 778 g/mol. The van der Waals surface area contributed by atoms with Crippen LogP contribution in [0.4, 0.5) is 17.1 Å². The summed E-state index contributed by atoms with van der Waals surface area (Å²) in [5.74, 6) is 0. The zero-order chi connectivity index (χ0) is 40.7. The number of hydrogen-bond acceptors (Lipinski definition) is 1. The number of anilines is 3. The zero-order valence-electron chi connectivity index (χ0n) is 34.2. The van der Waals surface area contributed by atoms with Gasteiger partial charge in [0, 0.05) is 33.1 Å². The van der Waals surface area contributed by atoms with Crippen LogP contribution in [0.5, 0.6) is 0 Å². The van der Waals surface area contributed by atoms with E-state index >= 15 is 0 Å². The molecular formula is C59H42N2. The van der Waals surface area contributed by atoms with Crippen molar-refractivity contribution >= 4 is 60.4 Å². The molecule has 0 N–H and O–H groups in total. The lowest BCUT2D eigenvalue weighted by molar-refractivity contribution is 0.660. The van der Waals surface area contributed by atoms with Crippen molar-refractivity contribution in [1.29, 1.82) is 0 Å². The van der Waals surface area contributed by atoms with Crippen LogP contribution in [-0.4, -0.2) is 4.57 Å². The molecule has 0 atom stereocenters. The minimum atomic E-state index is -0.160. The third-order valence-electron chi connectivity index (χ3n) is 13.2. The maximum atomic E-state index is 2.50. The fourth-order valence-corrected chi connectivity index (χ4v) is 10.3. The highest BCUT2D eigenvalue weighted by Gasteiger charge is 2.36. The average Bonchev–Trinajstić information content (AvgIpc) is 3.77. The molecule has 11 aromatic rings. The molecule has 0 saturated heterocycles. The summed E-state index contributed by atoms with van der Waals surface area (Å²) in [5.41, 5.74) is 16.8. The van der Waals surface area contributed by atoms with Crippen molar-refractivity contribution < 1.29 is 0 Å². The van der Waals surface area contributed by atoms with E-state index < -0.39 is 0 Å². The summed E-state index contributed by atoms with van der Waals surface area (Å²) < 4.78 is 2.49. The topological polar surface area (TPSA) is 8.17 Å². The van der Waals surface area contributed by atoms with Gasteiger partial charge < -0.3 is 9.47 Å². The Kier molecular flexibility index (Phi) is 7.92. The van der Waals surface area contributed by atoms with Crippen LogP contribution in [0.2, 0.25) is 0 Å². The SMILES string of the molecule is CC1(C)c2ccccc2-c2ccc(N(c3ccc(-c4ccccc4)cc3)c3cccc(-n4c5ccccc5c5ccccc54)c3-c3cc4ccccc4c4ccccc34)cc21. The Morgan fingerprint density at radius 3 is 1.70 bits per heavy atom. The Morgan fingerprint density at radius 2 is 0.951 bits per heavy atom. The molecule has 1 heterocycles. The second-order valence-corrected chi connectivity index (χ2v) is 16.9. The van der Waals surface area contributed by atoms with Gasteiger partial charge in [-0.15, -0.1) is 0 Å². The van der Waals surface area contributed by atoms with E-state index in [-0.39, 0.29) is 5.41 Å². The lowest BCUT2D eigenvalue weighted by Crippen LogP contribution is -2.17. The van der Waals surface area contributed by atoms with Crippen LogP contribution in [-0.2, 0) is 5.41 Å². The van der Waals surface area contributed by atoms with Crippen LogP contribution in [0.15, 0.2) is 218 Å². The molecule has 10 aromatic carbocycles. The molecule has 288 valence electrons. The van der Waals surface area contributed by atoms with Gasteiger partial charge >= 0.3 is 0 Å². The summed E-state index contributed by atoms with van der Waals surface area (Å²) in [6.45, 7) is 4.74. The lowest BCUT2D eigenvalue weighted by atomic mass is 9.82. The highest BCUT2D eigenvalue weighted by atomic mass is 15.1. The third kappa shape index (κ3) is 5.42. The van der Waals surface area contributed by atoms with E-state index in [1.165, 1.54) is 87.9 Å². The maximum Gasteiger partial charge on any atom is 0.0561 e. The first kappa shape index (κ1) is 35.3. The molecule has 2 heteroatoms. The van der Waals surface area contributed by atoms with Crippen LogP contribution in [0.25, 0.3) is 82.4 Å². The molecule has 0 amide bonds. The number of fused-ring (bicyclic) bond motifs is 9. The Morgan fingerprint density at radius 1 is 0.377 bits per heavy atom. The van der Waals surface area contributed by atoms with E-state index in [0.717, 1.165) is 22.7 Å². The minimum absolute atomic E-state index is 0.160. The molecule has 0 saturated carbocycles. The summed E-state index contributed by atoms with van der Waals surface area (Å²) in [4.78, 5) is 2.50. The van der Waals surface area contributed by atoms with Gasteiger partial charge in [0.1, 0.15) is 0 Å². The van der Waals surface area contributed by atoms with Gasteiger partial charge in [-0.1, -0.05) is 178 Å². The van der Waals surface area contributed by atoms with Crippen LogP contribution in [0.1, 0.15) is 25.0 Å². The molecule has 0 aliphatic heterocycles. The van der Waals surface area contributed by atoms with E-state index in [9.17, 15) is 0 Å². The molecule has 0 fully saturated rings. The van der Waals surface area contributed by atoms with Gasteiger partial charge in [-0.2, -0.15) is 0 Å². The molecule has 12 rings (SSSR count). The average molecular weight is 779 g/mol. The van der Waals surface area contributed by atoms with Crippen molar-refractivity contribution in [2.75, 3.05) is 4.90 Å². The van der Waals surface area contributed by atoms with Gasteiger partial charge in [0.05, 0.1) is 22.4 Å². The Bertz CT molecular complexity index is 3450. The second-order valence-electron chi connectivity index (χ2n) is 16.9. The molecule has 0 spiro atoms. The van der Waals surface area contributed by atoms with E-state index in [2.05, 4.69) is 242 Å². The lowest BCUT2D eigenvalue weighted by Gasteiger charge is -2.31. The highest BCUT2D eigenvalue weighted by molar-refractivity contribution is 6.17. The van der Waals surface area contributed by atoms with Crippen molar-refractivity contribution in [3.05, 3.63) is 230 Å². The van der Waals surface area contributed by atoms with E-state index in [0.29, 0.717) is 0 Å². The fraction of sp³-hybridized carbons (Fsp3) is 0.0508. The summed E-state index contributed by atoms with van der Waals surface area (Å²) >= 11 is 0. The van der Waals surface area contributed by atoms with Gasteiger partial charge in [-0.25, -0.2) is 0 Å². The molecular weight excluding hydrogens is 737 g/mol. The molecule has 1 aliphatic rings. The molecule has 2 nitrogen and oxygen atoms in total. The minimum Gasteiger partial charge on any atom is -0.310 e. The Balaban J connectivity index is 1.20. The summed E-state index contributed by atoms with van der Waals surface area (Å²) in [6, 6.07) is 80.6. The van der Waals surface area contributed by atoms with E-state index in [1.54, 1.807) is 0 Å². The Hall–Kier alpha value is -7.68. The van der Waals surface area contributed by atoms with Crippen molar-refractivity contribution in [3.8, 4) is 39.1 Å². The van der Waals surface area contributed by atoms with E-state index in [1.807, 2.05) is 0 Å². The first-order chi connectivity index (χ1) is 30.0.